The summed E-state index contributed by atoms with van der Waals surface area (Å²) in [5.41, 5.74) is 6.79. The van der Waals surface area contributed by atoms with Gasteiger partial charge in [-0.25, -0.2) is 0 Å². The average Bonchev–Trinajstić information content (AvgIpc) is 2.50. The van der Waals surface area contributed by atoms with Gasteiger partial charge >= 0.3 is 0 Å². The van der Waals surface area contributed by atoms with Crippen molar-refractivity contribution in [3.63, 3.8) is 0 Å². The minimum Gasteiger partial charge on any atom is -0.358 e. The van der Waals surface area contributed by atoms with Crippen molar-refractivity contribution in [3.05, 3.63) is 28.7 Å². The number of carbonyl (C=O) groups excluding carboxylic acids is 1. The Kier molecular flexibility index (Phi) is 4.24. The van der Waals surface area contributed by atoms with Crippen molar-refractivity contribution < 1.29 is 4.79 Å². The number of hydrogen-bond donors (Lipinski definition) is 2. The molecule has 1 fully saturated rings. The van der Waals surface area contributed by atoms with Gasteiger partial charge in [0.05, 0.1) is 0 Å². The van der Waals surface area contributed by atoms with Crippen LogP contribution in [0.15, 0.2) is 28.7 Å². The lowest BCUT2D eigenvalue weighted by Crippen LogP contribution is -2.49. The van der Waals surface area contributed by atoms with Crippen molar-refractivity contribution in [2.45, 2.75) is 13.0 Å². The molecule has 4 nitrogen and oxygen atoms in total. The third-order valence-electron chi connectivity index (χ3n) is 3.19. The molecular weight excluding hydrogens is 294 g/mol. The fourth-order valence-corrected chi connectivity index (χ4v) is 2.48. The molecule has 2 atom stereocenters. The summed E-state index contributed by atoms with van der Waals surface area (Å²) in [5.74, 6) is 0.430. The number of nitrogens with one attached hydrogen (secondary N) is 1. The van der Waals surface area contributed by atoms with Crippen LogP contribution < -0.4 is 16.0 Å². The molecule has 2 unspecified atom stereocenters. The Morgan fingerprint density at radius 2 is 2.11 bits per heavy atom. The predicted octanol–water partition coefficient (Wildman–Crippen LogP) is 1.35. The van der Waals surface area contributed by atoms with Crippen LogP contribution in [0.2, 0.25) is 0 Å². The summed E-state index contributed by atoms with van der Waals surface area (Å²) >= 11 is 3.42. The summed E-state index contributed by atoms with van der Waals surface area (Å²) in [4.78, 5) is 14.1. The van der Waals surface area contributed by atoms with Gasteiger partial charge in [0.25, 0.3) is 0 Å². The predicted molar refractivity (Wildman–Crippen MR) is 76.5 cm³/mol. The van der Waals surface area contributed by atoms with Gasteiger partial charge in [-0.1, -0.05) is 22.9 Å². The van der Waals surface area contributed by atoms with Gasteiger partial charge in [-0.15, -0.1) is 0 Å². The number of anilines is 1. The molecule has 1 aliphatic heterocycles. The van der Waals surface area contributed by atoms with Crippen molar-refractivity contribution in [2.75, 3.05) is 24.5 Å². The maximum atomic E-state index is 12.0. The number of nitrogens with two attached hydrogens (primary N) is 1. The van der Waals surface area contributed by atoms with E-state index in [0.717, 1.165) is 16.7 Å². The van der Waals surface area contributed by atoms with Gasteiger partial charge < -0.3 is 16.0 Å². The Hall–Kier alpha value is -1.07. The first-order valence-electron chi connectivity index (χ1n) is 6.12. The number of rotatable bonds is 2. The first kappa shape index (κ1) is 13.4. The van der Waals surface area contributed by atoms with Gasteiger partial charge in [0.15, 0.2) is 0 Å². The molecule has 0 radical (unpaired) electrons. The summed E-state index contributed by atoms with van der Waals surface area (Å²) in [6, 6.07) is 7.71. The first-order chi connectivity index (χ1) is 8.61. The number of amides is 1. The molecule has 2 rings (SSSR count). The first-order valence-corrected chi connectivity index (χ1v) is 6.91. The van der Waals surface area contributed by atoms with E-state index in [4.69, 9.17) is 5.73 Å². The minimum atomic E-state index is -0.281. The molecule has 98 valence electrons. The van der Waals surface area contributed by atoms with Gasteiger partial charge in [0.1, 0.15) is 6.04 Å². The molecule has 18 heavy (non-hydrogen) atoms. The van der Waals surface area contributed by atoms with Crippen LogP contribution in [0.5, 0.6) is 0 Å². The normalized spacial score (nSPS) is 24.6. The molecule has 1 amide bonds. The number of hydrogen-bond acceptors (Lipinski definition) is 3. The zero-order valence-corrected chi connectivity index (χ0v) is 12.0. The highest BCUT2D eigenvalue weighted by Gasteiger charge is 2.29. The van der Waals surface area contributed by atoms with Crippen LogP contribution in [-0.2, 0) is 4.79 Å². The highest BCUT2D eigenvalue weighted by Crippen LogP contribution is 2.22. The monoisotopic (exact) mass is 311 g/mol. The second-order valence-electron chi connectivity index (χ2n) is 4.73. The number of carbonyl (C=O) groups is 1. The Bertz CT molecular complexity index is 421. The van der Waals surface area contributed by atoms with Gasteiger partial charge in [-0.2, -0.15) is 0 Å². The van der Waals surface area contributed by atoms with Crippen LogP contribution in [0, 0.1) is 5.92 Å². The molecule has 0 bridgehead atoms. The number of benzene rings is 1. The molecule has 0 spiro atoms. The van der Waals surface area contributed by atoms with Crippen LogP contribution in [0.3, 0.4) is 0 Å². The van der Waals surface area contributed by atoms with Crippen LogP contribution in [-0.4, -0.2) is 31.6 Å². The zero-order valence-electron chi connectivity index (χ0n) is 10.4. The Morgan fingerprint density at radius 3 is 2.72 bits per heavy atom. The summed E-state index contributed by atoms with van der Waals surface area (Å²) in [5, 5.41) is 2.94. The van der Waals surface area contributed by atoms with Crippen LogP contribution in [0.1, 0.15) is 6.92 Å². The van der Waals surface area contributed by atoms with E-state index in [-0.39, 0.29) is 11.9 Å². The van der Waals surface area contributed by atoms with Crippen LogP contribution in [0.25, 0.3) is 0 Å². The fourth-order valence-electron chi connectivity index (χ4n) is 2.21. The lowest BCUT2D eigenvalue weighted by molar-refractivity contribution is -0.121. The molecule has 3 N–H and O–H groups in total. The lowest BCUT2D eigenvalue weighted by atomic mass is 10.1. The molecule has 0 aliphatic carbocycles. The van der Waals surface area contributed by atoms with E-state index in [1.54, 1.807) is 0 Å². The van der Waals surface area contributed by atoms with E-state index < -0.39 is 0 Å². The van der Waals surface area contributed by atoms with Crippen molar-refractivity contribution in [1.82, 2.24) is 5.32 Å². The summed E-state index contributed by atoms with van der Waals surface area (Å²) < 4.78 is 1.03. The maximum Gasteiger partial charge on any atom is 0.244 e. The number of halogens is 1. The second kappa shape index (κ2) is 5.71. The Labute approximate surface area is 116 Å². The molecule has 1 aliphatic rings. The van der Waals surface area contributed by atoms with Crippen molar-refractivity contribution in [3.8, 4) is 0 Å². The van der Waals surface area contributed by atoms with Gasteiger partial charge in [0, 0.05) is 29.8 Å². The molecule has 5 heteroatoms. The van der Waals surface area contributed by atoms with Crippen molar-refractivity contribution in [1.29, 1.82) is 0 Å². The quantitative estimate of drug-likeness (QED) is 0.867. The molecule has 1 aromatic rings. The fraction of sp³-hybridized carbons (Fsp3) is 0.462. The highest BCUT2D eigenvalue weighted by atomic mass is 79.9. The topological polar surface area (TPSA) is 58.4 Å². The van der Waals surface area contributed by atoms with Crippen molar-refractivity contribution >= 4 is 27.5 Å². The number of nitrogens with zero attached hydrogens (tertiary/aromatic N) is 1. The van der Waals surface area contributed by atoms with E-state index in [1.165, 1.54) is 0 Å². The van der Waals surface area contributed by atoms with E-state index in [2.05, 4.69) is 33.1 Å². The highest BCUT2D eigenvalue weighted by molar-refractivity contribution is 9.10. The zero-order chi connectivity index (χ0) is 13.1. The van der Waals surface area contributed by atoms with Crippen LogP contribution in [0.4, 0.5) is 5.69 Å². The van der Waals surface area contributed by atoms with Gasteiger partial charge in [0.2, 0.25) is 5.91 Å². The van der Waals surface area contributed by atoms with E-state index >= 15 is 0 Å². The molecule has 0 saturated carbocycles. The third-order valence-corrected chi connectivity index (χ3v) is 3.72. The molecule has 0 aromatic heterocycles. The van der Waals surface area contributed by atoms with E-state index in [0.29, 0.717) is 19.0 Å². The smallest absolute Gasteiger partial charge is 0.244 e. The van der Waals surface area contributed by atoms with Crippen LogP contribution >= 0.6 is 15.9 Å². The molecular formula is C13H18BrN3O. The molecule has 1 heterocycles. The Balaban J connectivity index is 2.30. The van der Waals surface area contributed by atoms with E-state index in [1.807, 2.05) is 24.3 Å². The maximum absolute atomic E-state index is 12.0. The SMILES string of the molecule is CC1CNC(=O)C(CN)N(c2ccc(Br)cc2)C1. The van der Waals surface area contributed by atoms with Gasteiger partial charge in [-0.05, 0) is 30.2 Å². The third kappa shape index (κ3) is 2.84. The van der Waals surface area contributed by atoms with Gasteiger partial charge in [-0.3, -0.25) is 4.79 Å². The lowest BCUT2D eigenvalue weighted by Gasteiger charge is -2.30. The molecule has 1 saturated heterocycles. The summed E-state index contributed by atoms with van der Waals surface area (Å²) in [6.07, 6.45) is 0. The average molecular weight is 312 g/mol. The summed E-state index contributed by atoms with van der Waals surface area (Å²) in [7, 11) is 0. The second-order valence-corrected chi connectivity index (χ2v) is 5.65. The standard InChI is InChI=1S/C13H18BrN3O/c1-9-7-16-13(18)12(6-15)17(8-9)11-4-2-10(14)3-5-11/h2-5,9,12H,6-8,15H2,1H3,(H,16,18). The largest absolute Gasteiger partial charge is 0.358 e. The Morgan fingerprint density at radius 1 is 1.44 bits per heavy atom. The van der Waals surface area contributed by atoms with Crippen molar-refractivity contribution in [2.24, 2.45) is 11.7 Å². The summed E-state index contributed by atoms with van der Waals surface area (Å²) in [6.45, 7) is 4.00. The van der Waals surface area contributed by atoms with E-state index in [9.17, 15) is 4.79 Å². The molecule has 1 aromatic carbocycles. The minimum absolute atomic E-state index is 0.0183.